The molecule has 0 aliphatic heterocycles. The van der Waals surface area contributed by atoms with Gasteiger partial charge in [-0.3, -0.25) is 9.79 Å². The van der Waals surface area contributed by atoms with E-state index in [0.717, 1.165) is 11.3 Å². The molecule has 0 aromatic heterocycles. The molecule has 9 nitrogen and oxygen atoms in total. The predicted molar refractivity (Wildman–Crippen MR) is 118 cm³/mol. The van der Waals surface area contributed by atoms with Crippen molar-refractivity contribution in [2.75, 3.05) is 11.9 Å². The van der Waals surface area contributed by atoms with Gasteiger partial charge in [-0.2, -0.15) is 0 Å². The molecule has 0 spiro atoms. The fourth-order valence-corrected chi connectivity index (χ4v) is 2.45. The van der Waals surface area contributed by atoms with Gasteiger partial charge in [-0.15, -0.1) is 0 Å². The zero-order valence-electron chi connectivity index (χ0n) is 17.1. The number of carboxylic acid groups (broad SMARTS) is 2. The first kappa shape index (κ1) is 24.4. The van der Waals surface area contributed by atoms with Gasteiger partial charge in [-0.1, -0.05) is 24.3 Å². The number of carbonyl (C=O) groups is 2. The Morgan fingerprint density at radius 1 is 1.03 bits per heavy atom. The lowest BCUT2D eigenvalue weighted by Gasteiger charge is -2.13. The van der Waals surface area contributed by atoms with Crippen LogP contribution in [0.25, 0.3) is 0 Å². The summed E-state index contributed by atoms with van der Waals surface area (Å²) in [5.41, 5.74) is 19.4. The molecule has 0 fully saturated rings. The zero-order chi connectivity index (χ0) is 22.7. The third-order valence-electron chi connectivity index (χ3n) is 4.32. The van der Waals surface area contributed by atoms with Crippen LogP contribution in [-0.2, 0) is 4.79 Å². The number of para-hydroxylation sites is 1. The highest BCUT2D eigenvalue weighted by atomic mass is 16.4. The van der Waals surface area contributed by atoms with E-state index in [4.69, 9.17) is 27.4 Å². The normalized spacial score (nSPS) is 10.9. The topological polar surface area (TPSA) is 177 Å². The Balaban J connectivity index is 0.000000329. The molecule has 30 heavy (non-hydrogen) atoms. The molecule has 0 aliphatic rings. The van der Waals surface area contributed by atoms with Crippen LogP contribution in [0.15, 0.2) is 47.5 Å². The standard InChI is InChI=1S/C15H15NO2.C6H14N4O2/c1-10-6-5-9-13(11(10)2)16-14-8-4-3-7-12(14)15(17)18;7-4(5(11)12)2-1-3-10-6(8)9/h3-9,16H,1-2H3,(H,17,18);4H,1-3,7H2,(H,11,12)(H4,8,9,10)/t;4-/m.0/s1. The summed E-state index contributed by atoms with van der Waals surface area (Å²) < 4.78 is 0. The van der Waals surface area contributed by atoms with E-state index in [-0.39, 0.29) is 11.5 Å². The molecule has 0 saturated heterocycles. The number of rotatable bonds is 8. The number of aromatic carboxylic acids is 1. The van der Waals surface area contributed by atoms with E-state index in [0.29, 0.717) is 25.1 Å². The first-order valence-electron chi connectivity index (χ1n) is 9.32. The van der Waals surface area contributed by atoms with Crippen LogP contribution >= 0.6 is 0 Å². The van der Waals surface area contributed by atoms with Crippen LogP contribution in [0.1, 0.15) is 34.3 Å². The molecule has 9 N–H and O–H groups in total. The fourth-order valence-electron chi connectivity index (χ4n) is 2.45. The van der Waals surface area contributed by atoms with E-state index in [1.807, 2.05) is 38.1 Å². The number of nitrogens with zero attached hydrogens (tertiary/aromatic N) is 1. The molecule has 0 unspecified atom stereocenters. The van der Waals surface area contributed by atoms with Crippen LogP contribution < -0.4 is 22.5 Å². The van der Waals surface area contributed by atoms with Crippen molar-refractivity contribution in [2.45, 2.75) is 32.7 Å². The van der Waals surface area contributed by atoms with Gasteiger partial charge in [-0.25, -0.2) is 4.79 Å². The highest BCUT2D eigenvalue weighted by molar-refractivity contribution is 5.95. The maximum absolute atomic E-state index is 11.1. The van der Waals surface area contributed by atoms with Gasteiger partial charge in [0.15, 0.2) is 5.96 Å². The van der Waals surface area contributed by atoms with Crippen LogP contribution in [0.4, 0.5) is 11.4 Å². The van der Waals surface area contributed by atoms with Crippen molar-refractivity contribution in [1.82, 2.24) is 0 Å². The monoisotopic (exact) mass is 415 g/mol. The van der Waals surface area contributed by atoms with Gasteiger partial charge in [0.05, 0.1) is 11.3 Å². The Morgan fingerprint density at radius 3 is 2.27 bits per heavy atom. The van der Waals surface area contributed by atoms with Crippen LogP contribution in [0.3, 0.4) is 0 Å². The van der Waals surface area contributed by atoms with Crippen molar-refractivity contribution in [2.24, 2.45) is 22.2 Å². The van der Waals surface area contributed by atoms with E-state index in [1.165, 1.54) is 5.56 Å². The number of nitrogens with two attached hydrogens (primary N) is 3. The van der Waals surface area contributed by atoms with Gasteiger partial charge < -0.3 is 32.7 Å². The lowest BCUT2D eigenvalue weighted by molar-refractivity contribution is -0.138. The Bertz CT molecular complexity index is 895. The Morgan fingerprint density at radius 2 is 1.67 bits per heavy atom. The highest BCUT2D eigenvalue weighted by Gasteiger charge is 2.10. The molecular formula is C21H29N5O4. The smallest absolute Gasteiger partial charge is 0.337 e. The summed E-state index contributed by atoms with van der Waals surface area (Å²) in [5, 5.41) is 20.7. The Labute approximate surface area is 175 Å². The average Bonchev–Trinajstić information content (AvgIpc) is 2.69. The fraction of sp³-hybridized carbons (Fsp3) is 0.286. The number of aryl methyl sites for hydroxylation is 1. The molecule has 2 aromatic carbocycles. The quantitative estimate of drug-likeness (QED) is 0.216. The molecule has 0 bridgehead atoms. The maximum atomic E-state index is 11.1. The average molecular weight is 415 g/mol. The number of guanidine groups is 1. The summed E-state index contributed by atoms with van der Waals surface area (Å²) in [6.07, 6.45) is 0.956. The molecule has 162 valence electrons. The van der Waals surface area contributed by atoms with Crippen molar-refractivity contribution < 1.29 is 19.8 Å². The molecule has 0 saturated carbocycles. The van der Waals surface area contributed by atoms with E-state index in [1.54, 1.807) is 18.2 Å². The third-order valence-corrected chi connectivity index (χ3v) is 4.32. The molecule has 2 rings (SSSR count). The summed E-state index contributed by atoms with van der Waals surface area (Å²) in [5.74, 6) is -1.91. The Hall–Kier alpha value is -3.59. The molecule has 9 heteroatoms. The summed E-state index contributed by atoms with van der Waals surface area (Å²) >= 11 is 0. The van der Waals surface area contributed by atoms with Crippen molar-refractivity contribution in [3.05, 3.63) is 59.2 Å². The van der Waals surface area contributed by atoms with Crippen LogP contribution in [0.5, 0.6) is 0 Å². The largest absolute Gasteiger partial charge is 0.480 e. The maximum Gasteiger partial charge on any atom is 0.337 e. The number of aliphatic carboxylic acids is 1. The van der Waals surface area contributed by atoms with Gasteiger partial charge in [0, 0.05) is 12.2 Å². The van der Waals surface area contributed by atoms with Gasteiger partial charge in [0.25, 0.3) is 0 Å². The second-order valence-corrected chi connectivity index (χ2v) is 6.62. The molecular weight excluding hydrogens is 386 g/mol. The zero-order valence-corrected chi connectivity index (χ0v) is 17.1. The lowest BCUT2D eigenvalue weighted by atomic mass is 10.1. The van der Waals surface area contributed by atoms with Gasteiger partial charge in [0.1, 0.15) is 6.04 Å². The minimum atomic E-state index is -1.00. The minimum absolute atomic E-state index is 0.0129. The summed E-state index contributed by atoms with van der Waals surface area (Å²) in [6, 6.07) is 12.0. The lowest BCUT2D eigenvalue weighted by Crippen LogP contribution is -2.30. The van der Waals surface area contributed by atoms with Gasteiger partial charge in [-0.05, 0) is 56.0 Å². The summed E-state index contributed by atoms with van der Waals surface area (Å²) in [6.45, 7) is 4.47. The molecule has 0 amide bonds. The molecule has 0 radical (unpaired) electrons. The van der Waals surface area contributed by atoms with Crippen LogP contribution in [0, 0.1) is 13.8 Å². The number of benzene rings is 2. The summed E-state index contributed by atoms with van der Waals surface area (Å²) in [7, 11) is 0. The number of hydrogen-bond donors (Lipinski definition) is 6. The van der Waals surface area contributed by atoms with Gasteiger partial charge in [0.2, 0.25) is 0 Å². The van der Waals surface area contributed by atoms with E-state index in [2.05, 4.69) is 10.3 Å². The molecule has 1 atom stereocenters. The van der Waals surface area contributed by atoms with Gasteiger partial charge >= 0.3 is 11.9 Å². The van der Waals surface area contributed by atoms with Crippen LogP contribution in [0.2, 0.25) is 0 Å². The van der Waals surface area contributed by atoms with E-state index < -0.39 is 18.0 Å². The third kappa shape index (κ3) is 8.19. The second kappa shape index (κ2) is 12.1. The summed E-state index contributed by atoms with van der Waals surface area (Å²) in [4.78, 5) is 25.0. The molecule has 2 aromatic rings. The number of hydrogen-bond acceptors (Lipinski definition) is 5. The number of carboxylic acids is 2. The SMILES string of the molecule is Cc1cccc(Nc2ccccc2C(=O)O)c1C.NC(N)=NCCC[C@H](N)C(=O)O. The van der Waals surface area contributed by atoms with E-state index in [9.17, 15) is 9.59 Å². The molecule has 0 heterocycles. The van der Waals surface area contributed by atoms with Crippen LogP contribution in [-0.4, -0.2) is 40.7 Å². The first-order chi connectivity index (χ1) is 14.1. The van der Waals surface area contributed by atoms with Crippen molar-refractivity contribution in [1.29, 1.82) is 0 Å². The first-order valence-corrected chi connectivity index (χ1v) is 9.32. The van der Waals surface area contributed by atoms with Crippen molar-refractivity contribution >= 4 is 29.3 Å². The Kier molecular flexibility index (Phi) is 9.84. The number of anilines is 2. The number of aliphatic imine (C=N–C) groups is 1. The highest BCUT2D eigenvalue weighted by Crippen LogP contribution is 2.25. The second-order valence-electron chi connectivity index (χ2n) is 6.62. The molecule has 0 aliphatic carbocycles. The van der Waals surface area contributed by atoms with E-state index >= 15 is 0 Å². The predicted octanol–water partition coefficient (Wildman–Crippen LogP) is 2.20. The minimum Gasteiger partial charge on any atom is -0.480 e. The number of nitrogens with one attached hydrogen (secondary N) is 1. The van der Waals surface area contributed by atoms with Crippen molar-refractivity contribution in [3.8, 4) is 0 Å². The van der Waals surface area contributed by atoms with Crippen molar-refractivity contribution in [3.63, 3.8) is 0 Å².